The van der Waals surface area contributed by atoms with Gasteiger partial charge in [-0.25, -0.2) is 23.5 Å². The zero-order chi connectivity index (χ0) is 17.0. The molecule has 1 aliphatic heterocycles. The number of nitrogens with one attached hydrogen (secondary N) is 1. The van der Waals surface area contributed by atoms with Crippen molar-refractivity contribution >= 4 is 11.9 Å². The summed E-state index contributed by atoms with van der Waals surface area (Å²) in [6, 6.07) is 1.18. The van der Waals surface area contributed by atoms with Gasteiger partial charge in [-0.2, -0.15) is 0 Å². The van der Waals surface area contributed by atoms with Crippen molar-refractivity contribution in [3.8, 4) is 0 Å². The highest BCUT2D eigenvalue weighted by molar-refractivity contribution is 5.68. The van der Waals surface area contributed by atoms with Crippen molar-refractivity contribution in [2.75, 3.05) is 18.0 Å². The average molecular weight is 328 g/mol. The Morgan fingerprint density at radius 1 is 1.43 bits per heavy atom. The summed E-state index contributed by atoms with van der Waals surface area (Å²) in [6.07, 6.45) is -0.323. The number of alkyl carbamates (subject to hydrolysis) is 1. The first kappa shape index (κ1) is 17.4. The highest BCUT2D eigenvalue weighted by Gasteiger charge is 2.25. The molecule has 1 N–H and O–H groups in total. The predicted molar refractivity (Wildman–Crippen MR) is 81.6 cm³/mol. The number of carbonyl (C=O) groups excluding carboxylic acids is 1. The van der Waals surface area contributed by atoms with E-state index in [1.165, 1.54) is 6.07 Å². The fourth-order valence-electron chi connectivity index (χ4n) is 2.43. The summed E-state index contributed by atoms with van der Waals surface area (Å²) in [5, 5.41) is 2.82. The standard InChI is InChI=1S/C15H22F2N4O2/c1-15(2,3)23-14(22)20-10-5-4-6-21(8-10)12-7-11(13(16)17)18-9-19-12/h7,9-10,13H,4-6,8H2,1-3H3,(H,20,22). The highest BCUT2D eigenvalue weighted by atomic mass is 19.3. The molecule has 0 saturated carbocycles. The van der Waals surface area contributed by atoms with Crippen LogP contribution in [0.4, 0.5) is 19.4 Å². The fourth-order valence-corrected chi connectivity index (χ4v) is 2.43. The van der Waals surface area contributed by atoms with Crippen molar-refractivity contribution in [2.45, 2.75) is 51.7 Å². The third kappa shape index (κ3) is 5.30. The van der Waals surface area contributed by atoms with Gasteiger partial charge in [0.1, 0.15) is 23.4 Å². The van der Waals surface area contributed by atoms with E-state index >= 15 is 0 Å². The number of hydrogen-bond acceptors (Lipinski definition) is 5. The Kier molecular flexibility index (Phi) is 5.33. The zero-order valence-corrected chi connectivity index (χ0v) is 13.6. The molecule has 1 aromatic heterocycles. The molecule has 0 bridgehead atoms. The molecule has 2 rings (SSSR count). The molecule has 0 spiro atoms. The van der Waals surface area contributed by atoms with Gasteiger partial charge < -0.3 is 15.0 Å². The number of nitrogens with zero attached hydrogens (tertiary/aromatic N) is 3. The Labute approximate surface area is 134 Å². The molecule has 6 nitrogen and oxygen atoms in total. The van der Waals surface area contributed by atoms with Crippen molar-refractivity contribution in [1.82, 2.24) is 15.3 Å². The van der Waals surface area contributed by atoms with E-state index in [2.05, 4.69) is 15.3 Å². The zero-order valence-electron chi connectivity index (χ0n) is 13.6. The fraction of sp³-hybridized carbons (Fsp3) is 0.667. The van der Waals surface area contributed by atoms with Crippen LogP contribution < -0.4 is 10.2 Å². The van der Waals surface area contributed by atoms with Crippen LogP contribution in [0.25, 0.3) is 0 Å². The van der Waals surface area contributed by atoms with Crippen molar-refractivity contribution in [3.05, 3.63) is 18.1 Å². The number of aromatic nitrogens is 2. The number of carbonyl (C=O) groups is 1. The molecule has 1 saturated heterocycles. The molecule has 0 aromatic carbocycles. The van der Waals surface area contributed by atoms with Gasteiger partial charge in [0.2, 0.25) is 0 Å². The lowest BCUT2D eigenvalue weighted by atomic mass is 10.1. The van der Waals surface area contributed by atoms with Crippen LogP contribution in [-0.4, -0.2) is 40.8 Å². The van der Waals surface area contributed by atoms with Gasteiger partial charge in [-0.05, 0) is 33.6 Å². The van der Waals surface area contributed by atoms with Crippen LogP contribution in [0.2, 0.25) is 0 Å². The first-order valence-electron chi connectivity index (χ1n) is 7.59. The van der Waals surface area contributed by atoms with Crippen LogP contribution in [0.1, 0.15) is 45.7 Å². The number of hydrogen-bond donors (Lipinski definition) is 1. The largest absolute Gasteiger partial charge is 0.444 e. The number of amides is 1. The van der Waals surface area contributed by atoms with Crippen LogP contribution in [0.5, 0.6) is 0 Å². The lowest BCUT2D eigenvalue weighted by molar-refractivity contribution is 0.0500. The molecule has 1 aromatic rings. The Balaban J connectivity index is 1.98. The molecule has 1 aliphatic rings. The second-order valence-electron chi connectivity index (χ2n) is 6.53. The van der Waals surface area contributed by atoms with Gasteiger partial charge in [-0.1, -0.05) is 0 Å². The van der Waals surface area contributed by atoms with Gasteiger partial charge >= 0.3 is 6.09 Å². The summed E-state index contributed by atoms with van der Waals surface area (Å²) in [7, 11) is 0. The molecule has 1 amide bonds. The van der Waals surface area contributed by atoms with E-state index in [4.69, 9.17) is 4.74 Å². The van der Waals surface area contributed by atoms with Crippen molar-refractivity contribution in [2.24, 2.45) is 0 Å². The van der Waals surface area contributed by atoms with Crippen LogP contribution >= 0.6 is 0 Å². The van der Waals surface area contributed by atoms with Gasteiger partial charge in [0, 0.05) is 25.2 Å². The molecule has 2 heterocycles. The maximum atomic E-state index is 12.7. The van der Waals surface area contributed by atoms with Gasteiger partial charge in [0.15, 0.2) is 0 Å². The topological polar surface area (TPSA) is 67.3 Å². The monoisotopic (exact) mass is 328 g/mol. The van der Waals surface area contributed by atoms with Crippen LogP contribution in [0.3, 0.4) is 0 Å². The molecule has 23 heavy (non-hydrogen) atoms. The third-order valence-electron chi connectivity index (χ3n) is 3.36. The van der Waals surface area contributed by atoms with Gasteiger partial charge in [-0.15, -0.1) is 0 Å². The van der Waals surface area contributed by atoms with Crippen LogP contribution in [0, 0.1) is 0 Å². The van der Waals surface area contributed by atoms with Crippen molar-refractivity contribution < 1.29 is 18.3 Å². The van der Waals surface area contributed by atoms with E-state index in [1.54, 1.807) is 20.8 Å². The molecule has 0 radical (unpaired) electrons. The molecular weight excluding hydrogens is 306 g/mol. The molecule has 128 valence electrons. The predicted octanol–water partition coefficient (Wildman–Crippen LogP) is 2.91. The van der Waals surface area contributed by atoms with Gasteiger partial charge in [-0.3, -0.25) is 0 Å². The summed E-state index contributed by atoms with van der Waals surface area (Å²) < 4.78 is 30.7. The molecular formula is C15H22F2N4O2. The van der Waals surface area contributed by atoms with E-state index in [9.17, 15) is 13.6 Å². The number of piperidine rings is 1. The Hall–Kier alpha value is -1.99. The SMILES string of the molecule is CC(C)(C)OC(=O)NC1CCCN(c2cc(C(F)F)ncn2)C1. The minimum absolute atomic E-state index is 0.108. The summed E-state index contributed by atoms with van der Waals surface area (Å²) in [5.41, 5.74) is -0.853. The second-order valence-corrected chi connectivity index (χ2v) is 6.53. The number of ether oxygens (including phenoxy) is 1. The van der Waals surface area contributed by atoms with E-state index in [0.717, 1.165) is 19.2 Å². The van der Waals surface area contributed by atoms with E-state index < -0.39 is 18.1 Å². The smallest absolute Gasteiger partial charge is 0.407 e. The van der Waals surface area contributed by atoms with E-state index in [0.29, 0.717) is 18.9 Å². The lowest BCUT2D eigenvalue weighted by Gasteiger charge is -2.34. The number of halogens is 2. The number of anilines is 1. The molecule has 1 fully saturated rings. The highest BCUT2D eigenvalue weighted by Crippen LogP contribution is 2.22. The normalized spacial score (nSPS) is 18.9. The summed E-state index contributed by atoms with van der Waals surface area (Å²) in [5.74, 6) is 0.450. The first-order valence-corrected chi connectivity index (χ1v) is 7.59. The van der Waals surface area contributed by atoms with Crippen molar-refractivity contribution in [1.29, 1.82) is 0 Å². The average Bonchev–Trinajstić information content (AvgIpc) is 2.45. The molecule has 1 atom stereocenters. The molecule has 1 unspecified atom stereocenters. The minimum atomic E-state index is -2.63. The lowest BCUT2D eigenvalue weighted by Crippen LogP contribution is -2.49. The maximum Gasteiger partial charge on any atom is 0.407 e. The third-order valence-corrected chi connectivity index (χ3v) is 3.36. The van der Waals surface area contributed by atoms with Crippen LogP contribution in [0.15, 0.2) is 12.4 Å². The van der Waals surface area contributed by atoms with Crippen LogP contribution in [-0.2, 0) is 4.74 Å². The van der Waals surface area contributed by atoms with E-state index in [-0.39, 0.29) is 11.7 Å². The summed E-state index contributed by atoms with van der Waals surface area (Å²) in [6.45, 7) is 6.59. The summed E-state index contributed by atoms with van der Waals surface area (Å²) >= 11 is 0. The Bertz CT molecular complexity index is 549. The van der Waals surface area contributed by atoms with Crippen molar-refractivity contribution in [3.63, 3.8) is 0 Å². The van der Waals surface area contributed by atoms with E-state index in [1.807, 2.05) is 4.90 Å². The summed E-state index contributed by atoms with van der Waals surface area (Å²) in [4.78, 5) is 21.3. The second kappa shape index (κ2) is 7.06. The quantitative estimate of drug-likeness (QED) is 0.924. The molecule has 0 aliphatic carbocycles. The Morgan fingerprint density at radius 3 is 2.83 bits per heavy atom. The molecule has 8 heteroatoms. The first-order chi connectivity index (χ1) is 10.7. The minimum Gasteiger partial charge on any atom is -0.444 e. The number of rotatable bonds is 3. The number of alkyl halides is 2. The van der Waals surface area contributed by atoms with Gasteiger partial charge in [0.05, 0.1) is 0 Å². The Morgan fingerprint density at radius 2 is 2.17 bits per heavy atom. The maximum absolute atomic E-state index is 12.7. The van der Waals surface area contributed by atoms with Gasteiger partial charge in [0.25, 0.3) is 6.43 Å².